The lowest BCUT2D eigenvalue weighted by molar-refractivity contribution is 0.488. The molecule has 1 aliphatic heterocycles. The Morgan fingerprint density at radius 3 is 3.00 bits per heavy atom. The molecular weight excluding hydrogens is 260 g/mol. The quantitative estimate of drug-likeness (QED) is 0.921. The summed E-state index contributed by atoms with van der Waals surface area (Å²) in [5, 5.41) is 6.58. The summed E-state index contributed by atoms with van der Waals surface area (Å²) in [6, 6.07) is 6.91. The fraction of sp³-hybridized carbons (Fsp3) is 0.357. The minimum atomic E-state index is 0.496. The number of fused-ring (bicyclic) bond motifs is 1. The molecule has 0 radical (unpaired) electrons. The van der Waals surface area contributed by atoms with E-state index in [1.54, 1.807) is 0 Å². The Morgan fingerprint density at radius 1 is 1.33 bits per heavy atom. The summed E-state index contributed by atoms with van der Waals surface area (Å²) in [5.41, 5.74) is 2.78. The molecule has 0 aromatic carbocycles. The highest BCUT2D eigenvalue weighted by Crippen LogP contribution is 2.43. The van der Waals surface area contributed by atoms with Gasteiger partial charge in [0.05, 0.1) is 4.21 Å². The molecule has 1 unspecified atom stereocenters. The predicted octanol–water partition coefficient (Wildman–Crippen LogP) is 3.86. The molecule has 2 atom stereocenters. The minimum absolute atomic E-state index is 0.496. The van der Waals surface area contributed by atoms with E-state index in [4.69, 9.17) is 0 Å². The number of aromatic nitrogens is 1. The van der Waals surface area contributed by atoms with Gasteiger partial charge in [-0.05, 0) is 41.1 Å². The average Bonchev–Trinajstić information content (AvgIpc) is 2.85. The Morgan fingerprint density at radius 2 is 2.17 bits per heavy atom. The lowest BCUT2D eigenvalue weighted by Gasteiger charge is -2.27. The lowest BCUT2D eigenvalue weighted by Crippen LogP contribution is -2.26. The van der Waals surface area contributed by atoms with Gasteiger partial charge in [-0.1, -0.05) is 6.92 Å². The summed E-state index contributed by atoms with van der Waals surface area (Å²) in [6.07, 6.45) is 4.91. The summed E-state index contributed by atoms with van der Waals surface area (Å²) in [7, 11) is 0. The molecule has 2 aromatic heterocycles. The van der Waals surface area contributed by atoms with E-state index in [1.165, 1.54) is 21.8 Å². The first-order valence-electron chi connectivity index (χ1n) is 6.19. The van der Waals surface area contributed by atoms with Crippen LogP contribution in [0.2, 0.25) is 0 Å². The third-order valence-electron chi connectivity index (χ3n) is 3.21. The summed E-state index contributed by atoms with van der Waals surface area (Å²) >= 11 is 3.88. The van der Waals surface area contributed by atoms with E-state index < -0.39 is 0 Å². The van der Waals surface area contributed by atoms with Crippen molar-refractivity contribution in [1.29, 1.82) is 0 Å². The van der Waals surface area contributed by atoms with Crippen LogP contribution < -0.4 is 5.32 Å². The van der Waals surface area contributed by atoms with Crippen LogP contribution in [0.15, 0.2) is 40.2 Å². The summed E-state index contributed by atoms with van der Waals surface area (Å²) in [4.78, 5) is 4.05. The van der Waals surface area contributed by atoms with E-state index in [1.807, 2.05) is 35.5 Å². The van der Waals surface area contributed by atoms with Crippen LogP contribution in [-0.4, -0.2) is 10.2 Å². The molecule has 0 bridgehead atoms. The SMILES string of the molecule is C[C@H]1CC(NCc2ccncc2)c2ccsc2S1. The summed E-state index contributed by atoms with van der Waals surface area (Å²) < 4.78 is 1.49. The maximum atomic E-state index is 4.05. The Labute approximate surface area is 116 Å². The van der Waals surface area contributed by atoms with E-state index in [0.717, 1.165) is 6.54 Å². The number of nitrogens with zero attached hydrogens (tertiary/aromatic N) is 1. The van der Waals surface area contributed by atoms with Crippen molar-refractivity contribution in [3.63, 3.8) is 0 Å². The van der Waals surface area contributed by atoms with E-state index in [2.05, 4.69) is 40.8 Å². The highest BCUT2D eigenvalue weighted by atomic mass is 32.2. The zero-order valence-electron chi connectivity index (χ0n) is 10.3. The number of thioether (sulfide) groups is 1. The largest absolute Gasteiger partial charge is 0.306 e. The Kier molecular flexibility index (Phi) is 3.68. The number of rotatable bonds is 3. The minimum Gasteiger partial charge on any atom is -0.306 e. The molecule has 2 nitrogen and oxygen atoms in total. The average molecular weight is 276 g/mol. The van der Waals surface area contributed by atoms with Crippen molar-refractivity contribution >= 4 is 23.1 Å². The molecule has 4 heteroatoms. The molecule has 0 aliphatic carbocycles. The molecule has 18 heavy (non-hydrogen) atoms. The number of hydrogen-bond donors (Lipinski definition) is 1. The molecule has 0 fully saturated rings. The number of thiophene rings is 1. The van der Waals surface area contributed by atoms with Gasteiger partial charge >= 0.3 is 0 Å². The predicted molar refractivity (Wildman–Crippen MR) is 78.1 cm³/mol. The number of hydrogen-bond acceptors (Lipinski definition) is 4. The van der Waals surface area contributed by atoms with Crippen LogP contribution in [0.4, 0.5) is 0 Å². The van der Waals surface area contributed by atoms with E-state index in [9.17, 15) is 0 Å². The third kappa shape index (κ3) is 2.60. The molecule has 3 heterocycles. The van der Waals surface area contributed by atoms with E-state index in [0.29, 0.717) is 11.3 Å². The lowest BCUT2D eigenvalue weighted by atomic mass is 10.0. The molecule has 94 valence electrons. The molecular formula is C14H16N2S2. The molecule has 0 saturated heterocycles. The van der Waals surface area contributed by atoms with Gasteiger partial charge in [0, 0.05) is 30.2 Å². The molecule has 2 aromatic rings. The maximum absolute atomic E-state index is 4.05. The molecule has 3 rings (SSSR count). The number of pyridine rings is 1. The van der Waals surface area contributed by atoms with Crippen LogP contribution in [0.3, 0.4) is 0 Å². The van der Waals surface area contributed by atoms with Gasteiger partial charge in [-0.25, -0.2) is 0 Å². The van der Waals surface area contributed by atoms with Crippen molar-refractivity contribution in [3.8, 4) is 0 Å². The summed E-state index contributed by atoms with van der Waals surface area (Å²) in [5.74, 6) is 0. The standard InChI is InChI=1S/C14H16N2S2/c1-10-8-13(12-4-7-17-14(12)18-10)16-9-11-2-5-15-6-3-11/h2-7,10,13,16H,8-9H2,1H3/t10-,13?/m0/s1. The van der Waals surface area contributed by atoms with Gasteiger partial charge in [-0.15, -0.1) is 23.1 Å². The molecule has 0 amide bonds. The first-order chi connectivity index (χ1) is 8.83. The Balaban J connectivity index is 1.71. The van der Waals surface area contributed by atoms with Crippen LogP contribution in [-0.2, 0) is 6.54 Å². The molecule has 0 spiro atoms. The van der Waals surface area contributed by atoms with Gasteiger partial charge in [-0.3, -0.25) is 4.98 Å². The molecule has 0 saturated carbocycles. The van der Waals surface area contributed by atoms with Crippen LogP contribution in [0.25, 0.3) is 0 Å². The van der Waals surface area contributed by atoms with Crippen molar-refractivity contribution in [2.75, 3.05) is 0 Å². The van der Waals surface area contributed by atoms with Crippen molar-refractivity contribution < 1.29 is 0 Å². The zero-order valence-corrected chi connectivity index (χ0v) is 11.9. The fourth-order valence-corrected chi connectivity index (χ4v) is 4.85. The second-order valence-electron chi connectivity index (χ2n) is 4.62. The fourth-order valence-electron chi connectivity index (χ4n) is 2.28. The van der Waals surface area contributed by atoms with Gasteiger partial charge in [0.15, 0.2) is 0 Å². The van der Waals surface area contributed by atoms with Gasteiger partial charge < -0.3 is 5.32 Å². The van der Waals surface area contributed by atoms with Crippen LogP contribution >= 0.6 is 23.1 Å². The van der Waals surface area contributed by atoms with Crippen molar-refractivity contribution in [2.45, 2.75) is 35.4 Å². The van der Waals surface area contributed by atoms with Crippen LogP contribution in [0, 0.1) is 0 Å². The van der Waals surface area contributed by atoms with Gasteiger partial charge in [-0.2, -0.15) is 0 Å². The second kappa shape index (κ2) is 5.43. The first-order valence-corrected chi connectivity index (χ1v) is 7.95. The smallest absolute Gasteiger partial charge is 0.0649 e. The van der Waals surface area contributed by atoms with Gasteiger partial charge in [0.2, 0.25) is 0 Å². The zero-order chi connectivity index (χ0) is 12.4. The highest BCUT2D eigenvalue weighted by Gasteiger charge is 2.25. The topological polar surface area (TPSA) is 24.9 Å². The van der Waals surface area contributed by atoms with Crippen molar-refractivity contribution in [2.24, 2.45) is 0 Å². The number of nitrogens with one attached hydrogen (secondary N) is 1. The third-order valence-corrected chi connectivity index (χ3v) is 5.56. The van der Waals surface area contributed by atoms with E-state index in [-0.39, 0.29) is 0 Å². The first kappa shape index (κ1) is 12.2. The van der Waals surface area contributed by atoms with E-state index >= 15 is 0 Å². The Hall–Kier alpha value is -0.840. The summed E-state index contributed by atoms with van der Waals surface area (Å²) in [6.45, 7) is 3.23. The van der Waals surface area contributed by atoms with Crippen molar-refractivity contribution in [1.82, 2.24) is 10.3 Å². The van der Waals surface area contributed by atoms with Crippen LogP contribution in [0.1, 0.15) is 30.5 Å². The van der Waals surface area contributed by atoms with Gasteiger partial charge in [0.25, 0.3) is 0 Å². The normalized spacial score (nSPS) is 22.7. The van der Waals surface area contributed by atoms with Crippen LogP contribution in [0.5, 0.6) is 0 Å². The Bertz CT molecular complexity index is 510. The highest BCUT2D eigenvalue weighted by molar-refractivity contribution is 8.01. The maximum Gasteiger partial charge on any atom is 0.0649 e. The monoisotopic (exact) mass is 276 g/mol. The molecule has 1 aliphatic rings. The second-order valence-corrected chi connectivity index (χ2v) is 7.24. The molecule has 1 N–H and O–H groups in total. The van der Waals surface area contributed by atoms with Gasteiger partial charge in [0.1, 0.15) is 0 Å². The van der Waals surface area contributed by atoms with Crippen molar-refractivity contribution in [3.05, 3.63) is 47.1 Å².